The van der Waals surface area contributed by atoms with E-state index in [1.807, 2.05) is 0 Å². The lowest BCUT2D eigenvalue weighted by Gasteiger charge is -2.19. The SMILES string of the molecule is CC[SiH2]N(C)C(C)C. The lowest BCUT2D eigenvalue weighted by atomic mass is 10.4. The van der Waals surface area contributed by atoms with Crippen LogP contribution >= 0.6 is 0 Å². The van der Waals surface area contributed by atoms with Crippen LogP contribution < -0.4 is 0 Å². The van der Waals surface area contributed by atoms with Crippen LogP contribution in [-0.2, 0) is 0 Å². The molecule has 0 aliphatic carbocycles. The van der Waals surface area contributed by atoms with Crippen molar-refractivity contribution in [2.75, 3.05) is 7.05 Å². The van der Waals surface area contributed by atoms with E-state index in [0.29, 0.717) is 0 Å². The maximum absolute atomic E-state index is 2.49. The predicted octanol–water partition coefficient (Wildman–Crippen LogP) is 0.849. The minimum atomic E-state index is 0.132. The second kappa shape index (κ2) is 4.10. The van der Waals surface area contributed by atoms with Crippen LogP contribution in [-0.4, -0.2) is 27.3 Å². The molecule has 8 heavy (non-hydrogen) atoms. The minimum absolute atomic E-state index is 0.132. The van der Waals surface area contributed by atoms with Crippen molar-refractivity contribution in [1.82, 2.24) is 4.57 Å². The molecule has 0 aromatic heterocycles. The fourth-order valence-electron chi connectivity index (χ4n) is 0.611. The van der Waals surface area contributed by atoms with Crippen molar-refractivity contribution in [3.8, 4) is 0 Å². The molecule has 0 fully saturated rings. The van der Waals surface area contributed by atoms with Crippen LogP contribution in [0.5, 0.6) is 0 Å². The van der Waals surface area contributed by atoms with E-state index >= 15 is 0 Å². The molecule has 0 heterocycles. The number of nitrogens with zero attached hydrogens (tertiary/aromatic N) is 1. The molecular weight excluding hydrogens is 114 g/mol. The number of hydrogen-bond donors (Lipinski definition) is 0. The molecule has 0 spiro atoms. The summed E-state index contributed by atoms with van der Waals surface area (Å²) >= 11 is 0. The first-order valence-electron chi connectivity index (χ1n) is 3.38. The Bertz CT molecular complexity index is 54.5. The first kappa shape index (κ1) is 8.18. The molecule has 0 amide bonds. The fourth-order valence-corrected chi connectivity index (χ4v) is 1.83. The fraction of sp³-hybridized carbons (Fsp3) is 1.00. The van der Waals surface area contributed by atoms with E-state index < -0.39 is 0 Å². The lowest BCUT2D eigenvalue weighted by molar-refractivity contribution is 0.441. The summed E-state index contributed by atoms with van der Waals surface area (Å²) in [5, 5.41) is 0. The first-order valence-corrected chi connectivity index (χ1v) is 5.02. The molecule has 0 saturated heterocycles. The van der Waals surface area contributed by atoms with E-state index in [1.54, 1.807) is 0 Å². The van der Waals surface area contributed by atoms with Gasteiger partial charge in [0.05, 0.1) is 9.68 Å². The van der Waals surface area contributed by atoms with E-state index in [0.717, 1.165) is 6.04 Å². The van der Waals surface area contributed by atoms with Crippen molar-refractivity contribution in [2.45, 2.75) is 32.9 Å². The molecule has 0 aliphatic rings. The van der Waals surface area contributed by atoms with Crippen LogP contribution in [0.15, 0.2) is 0 Å². The van der Waals surface area contributed by atoms with Crippen molar-refractivity contribution in [2.24, 2.45) is 0 Å². The third-order valence-corrected chi connectivity index (χ3v) is 3.34. The second-order valence-electron chi connectivity index (χ2n) is 2.57. The van der Waals surface area contributed by atoms with Gasteiger partial charge in [0.2, 0.25) is 0 Å². The Morgan fingerprint density at radius 3 is 2.12 bits per heavy atom. The molecule has 2 heteroatoms. The van der Waals surface area contributed by atoms with Gasteiger partial charge in [0.15, 0.2) is 0 Å². The highest BCUT2D eigenvalue weighted by Crippen LogP contribution is 1.91. The van der Waals surface area contributed by atoms with Crippen molar-refractivity contribution in [1.29, 1.82) is 0 Å². The zero-order valence-corrected chi connectivity index (χ0v) is 7.85. The summed E-state index contributed by atoms with van der Waals surface area (Å²) < 4.78 is 2.49. The molecule has 0 rings (SSSR count). The highest BCUT2D eigenvalue weighted by atomic mass is 28.2. The van der Waals surface area contributed by atoms with Crippen molar-refractivity contribution < 1.29 is 0 Å². The van der Waals surface area contributed by atoms with E-state index in [4.69, 9.17) is 0 Å². The Morgan fingerprint density at radius 1 is 1.50 bits per heavy atom. The van der Waals surface area contributed by atoms with Gasteiger partial charge in [-0.25, -0.2) is 0 Å². The summed E-state index contributed by atoms with van der Waals surface area (Å²) in [4.78, 5) is 0. The summed E-state index contributed by atoms with van der Waals surface area (Å²) in [5.41, 5.74) is 0. The zero-order valence-electron chi connectivity index (χ0n) is 6.44. The molecule has 0 aromatic rings. The highest BCUT2D eigenvalue weighted by Gasteiger charge is 1.98. The summed E-state index contributed by atoms with van der Waals surface area (Å²) in [7, 11) is 2.35. The Hall–Kier alpha value is 0.177. The van der Waals surface area contributed by atoms with Gasteiger partial charge in [0.25, 0.3) is 0 Å². The summed E-state index contributed by atoms with van der Waals surface area (Å²) in [6, 6.07) is 2.16. The Balaban J connectivity index is 3.17. The normalized spacial score (nSPS) is 12.8. The molecule has 0 saturated carbocycles. The van der Waals surface area contributed by atoms with Crippen LogP contribution in [0.1, 0.15) is 20.8 Å². The van der Waals surface area contributed by atoms with Crippen molar-refractivity contribution in [3.05, 3.63) is 0 Å². The van der Waals surface area contributed by atoms with Crippen LogP contribution in [0.4, 0.5) is 0 Å². The largest absolute Gasteiger partial charge is 0.330 e. The highest BCUT2D eigenvalue weighted by molar-refractivity contribution is 6.31. The van der Waals surface area contributed by atoms with E-state index in [9.17, 15) is 0 Å². The quantitative estimate of drug-likeness (QED) is 0.513. The van der Waals surface area contributed by atoms with Gasteiger partial charge < -0.3 is 4.57 Å². The maximum Gasteiger partial charge on any atom is 0.0947 e. The Kier molecular flexibility index (Phi) is 4.19. The molecule has 0 unspecified atom stereocenters. The molecular formula is C6H17NSi. The van der Waals surface area contributed by atoms with E-state index in [2.05, 4.69) is 32.4 Å². The molecule has 0 aliphatic heterocycles. The van der Waals surface area contributed by atoms with Crippen LogP contribution in [0, 0.1) is 0 Å². The molecule has 0 N–H and O–H groups in total. The summed E-state index contributed by atoms with van der Waals surface area (Å²) in [6.07, 6.45) is 0. The first-order chi connectivity index (χ1) is 3.68. The third-order valence-electron chi connectivity index (χ3n) is 1.46. The van der Waals surface area contributed by atoms with Crippen LogP contribution in [0.25, 0.3) is 0 Å². The Labute approximate surface area is 55.0 Å². The standard InChI is InChI=1S/C6H17NSi/c1-5-8-7(4)6(2)3/h6H,5,8H2,1-4H3. The summed E-state index contributed by atoms with van der Waals surface area (Å²) in [6.45, 7) is 6.77. The molecule has 0 radical (unpaired) electrons. The average molecular weight is 131 g/mol. The van der Waals surface area contributed by atoms with E-state index in [-0.39, 0.29) is 9.68 Å². The third kappa shape index (κ3) is 3.21. The minimum Gasteiger partial charge on any atom is -0.330 e. The van der Waals surface area contributed by atoms with Gasteiger partial charge in [-0.05, 0) is 13.1 Å². The maximum atomic E-state index is 2.49. The van der Waals surface area contributed by atoms with Crippen LogP contribution in [0.2, 0.25) is 6.04 Å². The summed E-state index contributed by atoms with van der Waals surface area (Å²) in [5.74, 6) is 0. The molecule has 0 aromatic carbocycles. The smallest absolute Gasteiger partial charge is 0.0947 e. The number of rotatable bonds is 3. The lowest BCUT2D eigenvalue weighted by Crippen LogP contribution is -2.29. The zero-order chi connectivity index (χ0) is 6.57. The van der Waals surface area contributed by atoms with Crippen molar-refractivity contribution >= 4 is 9.68 Å². The van der Waals surface area contributed by atoms with Crippen LogP contribution in [0.3, 0.4) is 0 Å². The van der Waals surface area contributed by atoms with Gasteiger partial charge in [-0.15, -0.1) is 0 Å². The molecule has 50 valence electrons. The topological polar surface area (TPSA) is 3.24 Å². The van der Waals surface area contributed by atoms with Gasteiger partial charge in [-0.2, -0.15) is 0 Å². The monoisotopic (exact) mass is 131 g/mol. The molecule has 0 bridgehead atoms. The predicted molar refractivity (Wildman–Crippen MR) is 41.9 cm³/mol. The number of hydrogen-bond acceptors (Lipinski definition) is 1. The van der Waals surface area contributed by atoms with Gasteiger partial charge >= 0.3 is 0 Å². The molecule has 0 atom stereocenters. The van der Waals surface area contributed by atoms with Crippen molar-refractivity contribution in [3.63, 3.8) is 0 Å². The van der Waals surface area contributed by atoms with Gasteiger partial charge in [0.1, 0.15) is 0 Å². The molecule has 1 nitrogen and oxygen atoms in total. The average Bonchev–Trinajstić information content (AvgIpc) is 1.67. The van der Waals surface area contributed by atoms with Gasteiger partial charge in [-0.1, -0.05) is 26.8 Å². The van der Waals surface area contributed by atoms with E-state index in [1.165, 1.54) is 6.04 Å². The van der Waals surface area contributed by atoms with Gasteiger partial charge in [-0.3, -0.25) is 0 Å². The van der Waals surface area contributed by atoms with Gasteiger partial charge in [0, 0.05) is 0 Å². The second-order valence-corrected chi connectivity index (χ2v) is 5.02. The Morgan fingerprint density at radius 2 is 2.00 bits per heavy atom.